The zero-order valence-corrected chi connectivity index (χ0v) is 23.9. The highest BCUT2D eigenvalue weighted by Gasteiger charge is 2.30. The van der Waals surface area contributed by atoms with Crippen molar-refractivity contribution in [2.75, 3.05) is 25.5 Å². The number of rotatable bonds is 2. The Hall–Kier alpha value is -3.82. The summed E-state index contributed by atoms with van der Waals surface area (Å²) in [6.45, 7) is 11.6. The molecule has 0 saturated carbocycles. The summed E-state index contributed by atoms with van der Waals surface area (Å²) in [5.41, 5.74) is 4.25. The van der Waals surface area contributed by atoms with Gasteiger partial charge in [0.2, 0.25) is 5.95 Å². The molecule has 9 nitrogen and oxygen atoms in total. The molecule has 0 saturated heterocycles. The molecule has 0 fully saturated rings. The highest BCUT2D eigenvalue weighted by atomic mass is 16.5. The van der Waals surface area contributed by atoms with Gasteiger partial charge in [-0.15, -0.1) is 0 Å². The number of hydrogen-bond acceptors (Lipinski definition) is 7. The number of nitrogens with zero attached hydrogens (tertiary/aromatic N) is 6. The fourth-order valence-electron chi connectivity index (χ4n) is 5.96. The third-order valence-corrected chi connectivity index (χ3v) is 7.86. The minimum Gasteiger partial charge on any atom is -0.369 e. The molecule has 3 aromatic heterocycles. The molecule has 4 aromatic rings. The van der Waals surface area contributed by atoms with E-state index in [-0.39, 0.29) is 11.0 Å². The van der Waals surface area contributed by atoms with Crippen LogP contribution in [0.15, 0.2) is 59.5 Å². The van der Waals surface area contributed by atoms with Gasteiger partial charge in [0, 0.05) is 37.0 Å². The summed E-state index contributed by atoms with van der Waals surface area (Å²) in [7, 11) is 2.15. The van der Waals surface area contributed by atoms with Crippen LogP contribution in [0.5, 0.6) is 0 Å². The Kier molecular flexibility index (Phi) is 6.59. The van der Waals surface area contributed by atoms with Crippen molar-refractivity contribution in [2.24, 2.45) is 0 Å². The number of hydrogen-bond donors (Lipinski definition) is 1. The van der Waals surface area contributed by atoms with Crippen molar-refractivity contribution >= 4 is 22.7 Å². The van der Waals surface area contributed by atoms with Crippen LogP contribution in [0.2, 0.25) is 0 Å². The van der Waals surface area contributed by atoms with Gasteiger partial charge in [0.1, 0.15) is 11.0 Å². The molecule has 208 valence electrons. The molecule has 0 amide bonds. The maximum absolute atomic E-state index is 13.6. The summed E-state index contributed by atoms with van der Waals surface area (Å²) < 4.78 is 9.67. The Morgan fingerprint density at radius 3 is 2.75 bits per heavy atom. The van der Waals surface area contributed by atoms with Crippen molar-refractivity contribution in [3.05, 3.63) is 81.9 Å². The number of anilines is 2. The van der Waals surface area contributed by atoms with Crippen molar-refractivity contribution in [1.82, 2.24) is 29.2 Å². The topological polar surface area (TPSA) is 90.1 Å². The van der Waals surface area contributed by atoms with Gasteiger partial charge >= 0.3 is 0 Å². The van der Waals surface area contributed by atoms with Crippen LogP contribution >= 0.6 is 0 Å². The number of nitrogens with one attached hydrogen (secondary N) is 1. The van der Waals surface area contributed by atoms with Gasteiger partial charge in [-0.1, -0.05) is 38.1 Å². The molecular weight excluding hydrogens is 502 g/mol. The monoisotopic (exact) mass is 539 g/mol. The van der Waals surface area contributed by atoms with Gasteiger partial charge < -0.3 is 15.0 Å². The Balaban J connectivity index is 1.45. The fraction of sp³-hybridized carbons (Fsp3) is 0.419. The number of pyridine rings is 1. The Morgan fingerprint density at radius 2 is 1.90 bits per heavy atom. The second-order valence-electron chi connectivity index (χ2n) is 12.0. The zero-order chi connectivity index (χ0) is 28.1. The molecule has 1 N–H and O–H groups in total. The van der Waals surface area contributed by atoms with Crippen LogP contribution in [0.25, 0.3) is 16.9 Å². The van der Waals surface area contributed by atoms with Gasteiger partial charge in [-0.3, -0.25) is 4.79 Å². The standard InChI is InChI=1S/C31H37N7O2/c1-30(2)20-36(5)19-21-17-22(13-14-24(21)30)33-29-32-18-23-27(35-29)38-26-12-10-11-25(34-26)31(3,4)40-16-9-7-6-8-15-37(38)28(23)39/h6,8,10-14,17-18H,7,9,15-16,19-20H2,1-5H3,(H,32,33,35)/b8-6+. The van der Waals surface area contributed by atoms with Gasteiger partial charge in [-0.25, -0.2) is 19.3 Å². The molecule has 6 rings (SSSR count). The summed E-state index contributed by atoms with van der Waals surface area (Å²) in [5.74, 6) is 1.03. The summed E-state index contributed by atoms with van der Waals surface area (Å²) in [6.07, 6.45) is 7.49. The lowest BCUT2D eigenvalue weighted by atomic mass is 9.78. The highest BCUT2D eigenvalue weighted by Crippen LogP contribution is 2.34. The molecule has 2 bridgehead atoms. The zero-order valence-electron chi connectivity index (χ0n) is 23.9. The van der Waals surface area contributed by atoms with E-state index < -0.39 is 5.60 Å². The van der Waals surface area contributed by atoms with Crippen molar-refractivity contribution in [3.8, 4) is 5.82 Å². The van der Waals surface area contributed by atoms with E-state index in [4.69, 9.17) is 14.7 Å². The first-order valence-corrected chi connectivity index (χ1v) is 14.0. The van der Waals surface area contributed by atoms with E-state index in [2.05, 4.69) is 60.4 Å². The van der Waals surface area contributed by atoms with Crippen LogP contribution in [0, 0.1) is 0 Å². The van der Waals surface area contributed by atoms with E-state index in [1.807, 2.05) is 38.1 Å². The van der Waals surface area contributed by atoms with Crippen LogP contribution in [-0.4, -0.2) is 49.4 Å². The van der Waals surface area contributed by atoms with E-state index in [1.54, 1.807) is 15.6 Å². The molecule has 5 heterocycles. The van der Waals surface area contributed by atoms with Crippen LogP contribution in [0.1, 0.15) is 57.4 Å². The Morgan fingerprint density at radius 1 is 1.05 bits per heavy atom. The number of fused-ring (bicyclic) bond motifs is 7. The predicted octanol–water partition coefficient (Wildman–Crippen LogP) is 5.05. The van der Waals surface area contributed by atoms with Crippen LogP contribution in [-0.2, 0) is 28.8 Å². The molecule has 2 aliphatic rings. The minimum absolute atomic E-state index is 0.0876. The Bertz CT molecular complexity index is 1660. The lowest BCUT2D eigenvalue weighted by Gasteiger charge is -2.38. The summed E-state index contributed by atoms with van der Waals surface area (Å²) >= 11 is 0. The second-order valence-corrected chi connectivity index (χ2v) is 12.0. The molecule has 0 spiro atoms. The summed E-state index contributed by atoms with van der Waals surface area (Å²) in [4.78, 5) is 30.2. The molecule has 2 aliphatic heterocycles. The summed E-state index contributed by atoms with van der Waals surface area (Å²) in [5, 5.41) is 3.83. The normalized spacial score (nSPS) is 19.5. The summed E-state index contributed by atoms with van der Waals surface area (Å²) in [6, 6.07) is 12.3. The molecule has 1 aromatic carbocycles. The van der Waals surface area contributed by atoms with Gasteiger partial charge in [0.15, 0.2) is 11.5 Å². The first-order chi connectivity index (χ1) is 19.1. The molecule has 0 unspecified atom stereocenters. The minimum atomic E-state index is -0.571. The van der Waals surface area contributed by atoms with Crippen molar-refractivity contribution in [1.29, 1.82) is 0 Å². The first kappa shape index (κ1) is 26.4. The van der Waals surface area contributed by atoms with Gasteiger partial charge in [-0.2, -0.15) is 4.98 Å². The van der Waals surface area contributed by atoms with Crippen LogP contribution < -0.4 is 10.9 Å². The second kappa shape index (κ2) is 9.98. The van der Waals surface area contributed by atoms with Gasteiger partial charge in [0.05, 0.1) is 12.2 Å². The molecule has 0 radical (unpaired) electrons. The van der Waals surface area contributed by atoms with E-state index >= 15 is 0 Å². The molecular formula is C31H37N7O2. The number of allylic oxidation sites excluding steroid dienone is 2. The van der Waals surface area contributed by atoms with Crippen LogP contribution in [0.4, 0.5) is 11.6 Å². The number of benzene rings is 1. The van der Waals surface area contributed by atoms with E-state index in [0.29, 0.717) is 36.0 Å². The maximum Gasteiger partial charge on any atom is 0.278 e. The van der Waals surface area contributed by atoms with Crippen molar-refractivity contribution in [3.63, 3.8) is 0 Å². The van der Waals surface area contributed by atoms with Crippen molar-refractivity contribution < 1.29 is 4.74 Å². The SMILES string of the molecule is CN1Cc2cc(Nc3ncc4c(=O)n5n(c4n3)-c3cccc(n3)C(C)(C)OCCC/C=C/C5)ccc2C(C)(C)C1. The number of aromatic nitrogens is 5. The Labute approximate surface area is 234 Å². The largest absolute Gasteiger partial charge is 0.369 e. The number of likely N-dealkylation sites (N-methyl/N-ethyl adjacent to an activating group) is 1. The lowest BCUT2D eigenvalue weighted by molar-refractivity contribution is -0.0255. The molecule has 40 heavy (non-hydrogen) atoms. The molecule has 9 heteroatoms. The maximum atomic E-state index is 13.6. The van der Waals surface area contributed by atoms with Gasteiger partial charge in [0.25, 0.3) is 5.56 Å². The third-order valence-electron chi connectivity index (χ3n) is 7.86. The molecule has 0 aliphatic carbocycles. The van der Waals surface area contributed by atoms with Crippen LogP contribution in [0.3, 0.4) is 0 Å². The third kappa shape index (κ3) is 4.84. The van der Waals surface area contributed by atoms with E-state index in [1.165, 1.54) is 11.1 Å². The van der Waals surface area contributed by atoms with Gasteiger partial charge in [-0.05, 0) is 69.1 Å². The number of ether oxygens (including phenoxy) is 1. The average Bonchev–Trinajstić information content (AvgIpc) is 3.17. The first-order valence-electron chi connectivity index (χ1n) is 14.0. The quantitative estimate of drug-likeness (QED) is 0.357. The highest BCUT2D eigenvalue weighted by molar-refractivity contribution is 5.77. The lowest BCUT2D eigenvalue weighted by Crippen LogP contribution is -2.39. The fourth-order valence-corrected chi connectivity index (χ4v) is 5.96. The van der Waals surface area contributed by atoms with E-state index in [0.717, 1.165) is 37.3 Å². The van der Waals surface area contributed by atoms with Crippen molar-refractivity contribution in [2.45, 2.75) is 64.6 Å². The predicted molar refractivity (Wildman–Crippen MR) is 157 cm³/mol. The molecule has 0 atom stereocenters. The average molecular weight is 540 g/mol. The van der Waals surface area contributed by atoms with E-state index in [9.17, 15) is 4.79 Å². The smallest absolute Gasteiger partial charge is 0.278 e.